The SMILES string of the molecule is CSC1(C(N)=S)CCN(C(=O)CCc2ccco2)CC1. The van der Waals surface area contributed by atoms with E-state index < -0.39 is 0 Å². The molecule has 2 heterocycles. The van der Waals surface area contributed by atoms with Crippen molar-refractivity contribution in [3.8, 4) is 0 Å². The molecular weight excluding hydrogens is 292 g/mol. The molecular formula is C14H20N2O2S2. The second kappa shape index (κ2) is 6.63. The van der Waals surface area contributed by atoms with Gasteiger partial charge in [-0.15, -0.1) is 0 Å². The molecule has 2 rings (SSSR count). The molecule has 0 spiro atoms. The summed E-state index contributed by atoms with van der Waals surface area (Å²) in [5.74, 6) is 1.04. The zero-order valence-corrected chi connectivity index (χ0v) is 13.3. The van der Waals surface area contributed by atoms with E-state index in [0.717, 1.165) is 31.7 Å². The lowest BCUT2D eigenvalue weighted by Crippen LogP contribution is -2.50. The number of hydrogen-bond donors (Lipinski definition) is 1. The number of nitrogens with zero attached hydrogens (tertiary/aromatic N) is 1. The molecule has 110 valence electrons. The Balaban J connectivity index is 1.84. The predicted molar refractivity (Wildman–Crippen MR) is 85.9 cm³/mol. The highest BCUT2D eigenvalue weighted by Crippen LogP contribution is 2.35. The van der Waals surface area contributed by atoms with Crippen LogP contribution >= 0.6 is 24.0 Å². The van der Waals surface area contributed by atoms with Crippen LogP contribution in [0.2, 0.25) is 0 Å². The van der Waals surface area contributed by atoms with E-state index in [1.807, 2.05) is 23.3 Å². The molecule has 4 nitrogen and oxygen atoms in total. The van der Waals surface area contributed by atoms with Gasteiger partial charge < -0.3 is 15.1 Å². The second-order valence-corrected chi connectivity index (χ2v) is 6.65. The zero-order chi connectivity index (χ0) is 14.6. The maximum absolute atomic E-state index is 12.2. The lowest BCUT2D eigenvalue weighted by Gasteiger charge is -2.40. The molecule has 1 amide bonds. The predicted octanol–water partition coefficient (Wildman–Crippen LogP) is 2.22. The molecule has 0 radical (unpaired) electrons. The fourth-order valence-corrected chi connectivity index (χ4v) is 3.76. The van der Waals surface area contributed by atoms with Crippen LogP contribution in [-0.4, -0.2) is 39.9 Å². The number of rotatable bonds is 5. The van der Waals surface area contributed by atoms with Crippen LogP contribution in [0, 0.1) is 0 Å². The number of likely N-dealkylation sites (tertiary alicyclic amines) is 1. The number of amides is 1. The fraction of sp³-hybridized carbons (Fsp3) is 0.571. The third-order valence-corrected chi connectivity index (χ3v) is 5.86. The van der Waals surface area contributed by atoms with E-state index in [0.29, 0.717) is 17.8 Å². The first-order valence-corrected chi connectivity index (χ1v) is 8.36. The lowest BCUT2D eigenvalue weighted by atomic mass is 9.95. The minimum atomic E-state index is -0.132. The van der Waals surface area contributed by atoms with Gasteiger partial charge in [-0.2, -0.15) is 11.8 Å². The third kappa shape index (κ3) is 3.35. The molecule has 0 saturated carbocycles. The van der Waals surface area contributed by atoms with Gasteiger partial charge in [-0.05, 0) is 31.2 Å². The molecule has 0 aromatic carbocycles. The summed E-state index contributed by atoms with van der Waals surface area (Å²) in [4.78, 5) is 14.7. The summed E-state index contributed by atoms with van der Waals surface area (Å²) in [6.07, 6.45) is 6.51. The summed E-state index contributed by atoms with van der Waals surface area (Å²) in [6, 6.07) is 3.74. The highest BCUT2D eigenvalue weighted by Gasteiger charge is 2.37. The average molecular weight is 312 g/mol. The van der Waals surface area contributed by atoms with Crippen molar-refractivity contribution < 1.29 is 9.21 Å². The summed E-state index contributed by atoms with van der Waals surface area (Å²) in [5, 5.41) is 0. The van der Waals surface area contributed by atoms with Gasteiger partial charge in [0.1, 0.15) is 5.76 Å². The molecule has 6 heteroatoms. The van der Waals surface area contributed by atoms with Crippen molar-refractivity contribution in [1.29, 1.82) is 0 Å². The van der Waals surface area contributed by atoms with Gasteiger partial charge in [-0.3, -0.25) is 4.79 Å². The van der Waals surface area contributed by atoms with Crippen LogP contribution in [0.1, 0.15) is 25.0 Å². The number of thiocarbonyl (C=S) groups is 1. The van der Waals surface area contributed by atoms with Gasteiger partial charge in [-0.25, -0.2) is 0 Å². The largest absolute Gasteiger partial charge is 0.469 e. The highest BCUT2D eigenvalue weighted by molar-refractivity contribution is 8.02. The van der Waals surface area contributed by atoms with Crippen LogP contribution in [0.15, 0.2) is 22.8 Å². The van der Waals surface area contributed by atoms with Crippen LogP contribution < -0.4 is 5.73 Å². The van der Waals surface area contributed by atoms with Crippen LogP contribution in [0.5, 0.6) is 0 Å². The van der Waals surface area contributed by atoms with Gasteiger partial charge in [0.2, 0.25) is 5.91 Å². The molecule has 0 atom stereocenters. The van der Waals surface area contributed by atoms with Gasteiger partial charge in [0.05, 0.1) is 16.0 Å². The first-order valence-electron chi connectivity index (χ1n) is 6.72. The van der Waals surface area contributed by atoms with E-state index in [-0.39, 0.29) is 10.7 Å². The molecule has 0 aliphatic carbocycles. The Morgan fingerprint density at radius 1 is 1.55 bits per heavy atom. The van der Waals surface area contributed by atoms with Gasteiger partial charge in [-0.1, -0.05) is 12.2 Å². The Kier molecular flexibility index (Phi) is 5.10. The molecule has 0 bridgehead atoms. The molecule has 1 aliphatic rings. The molecule has 20 heavy (non-hydrogen) atoms. The first kappa shape index (κ1) is 15.4. The molecule has 2 N–H and O–H groups in total. The molecule has 1 fully saturated rings. The summed E-state index contributed by atoms with van der Waals surface area (Å²) in [6.45, 7) is 1.46. The second-order valence-electron chi connectivity index (χ2n) is 5.02. The van der Waals surface area contributed by atoms with Crippen molar-refractivity contribution in [1.82, 2.24) is 4.90 Å². The Morgan fingerprint density at radius 3 is 2.75 bits per heavy atom. The quantitative estimate of drug-likeness (QED) is 0.845. The molecule has 1 aromatic heterocycles. The number of furan rings is 1. The molecule has 0 unspecified atom stereocenters. The van der Waals surface area contributed by atoms with Crippen molar-refractivity contribution in [3.63, 3.8) is 0 Å². The Morgan fingerprint density at radius 2 is 2.25 bits per heavy atom. The minimum Gasteiger partial charge on any atom is -0.469 e. The van der Waals surface area contributed by atoms with E-state index in [4.69, 9.17) is 22.4 Å². The molecule has 1 aromatic rings. The van der Waals surface area contributed by atoms with Crippen molar-refractivity contribution >= 4 is 34.9 Å². The highest BCUT2D eigenvalue weighted by atomic mass is 32.2. The summed E-state index contributed by atoms with van der Waals surface area (Å²) < 4.78 is 5.11. The van der Waals surface area contributed by atoms with Crippen molar-refractivity contribution in [2.75, 3.05) is 19.3 Å². The monoisotopic (exact) mass is 312 g/mol. The van der Waals surface area contributed by atoms with Crippen LogP contribution in [0.3, 0.4) is 0 Å². The average Bonchev–Trinajstić information content (AvgIpc) is 2.98. The number of piperidine rings is 1. The number of hydrogen-bond acceptors (Lipinski definition) is 4. The van der Waals surface area contributed by atoms with Crippen LogP contribution in [0.25, 0.3) is 0 Å². The number of thioether (sulfide) groups is 1. The van der Waals surface area contributed by atoms with Crippen LogP contribution in [-0.2, 0) is 11.2 Å². The lowest BCUT2D eigenvalue weighted by molar-refractivity contribution is -0.132. The number of nitrogens with two attached hydrogens (primary N) is 1. The first-order chi connectivity index (χ1) is 9.57. The zero-order valence-electron chi connectivity index (χ0n) is 11.6. The summed E-state index contributed by atoms with van der Waals surface area (Å²) in [5.41, 5.74) is 5.85. The number of aryl methyl sites for hydroxylation is 1. The van der Waals surface area contributed by atoms with E-state index in [2.05, 4.69) is 0 Å². The normalized spacial score (nSPS) is 17.9. The molecule has 1 aliphatic heterocycles. The van der Waals surface area contributed by atoms with Gasteiger partial charge in [0, 0.05) is 25.9 Å². The summed E-state index contributed by atoms with van der Waals surface area (Å²) in [7, 11) is 0. The van der Waals surface area contributed by atoms with Gasteiger partial charge in [0.25, 0.3) is 0 Å². The summed E-state index contributed by atoms with van der Waals surface area (Å²) >= 11 is 6.88. The number of carbonyl (C=O) groups is 1. The Labute approximate surface area is 129 Å². The van der Waals surface area contributed by atoms with E-state index in [1.165, 1.54) is 0 Å². The smallest absolute Gasteiger partial charge is 0.223 e. The van der Waals surface area contributed by atoms with E-state index in [9.17, 15) is 4.79 Å². The van der Waals surface area contributed by atoms with Gasteiger partial charge in [0.15, 0.2) is 0 Å². The van der Waals surface area contributed by atoms with Gasteiger partial charge >= 0.3 is 0 Å². The van der Waals surface area contributed by atoms with Crippen molar-refractivity contribution in [3.05, 3.63) is 24.2 Å². The maximum atomic E-state index is 12.2. The third-order valence-electron chi connectivity index (χ3n) is 3.93. The van der Waals surface area contributed by atoms with E-state index >= 15 is 0 Å². The molecule has 1 saturated heterocycles. The Bertz CT molecular complexity index is 466. The van der Waals surface area contributed by atoms with Crippen LogP contribution in [0.4, 0.5) is 0 Å². The number of carbonyl (C=O) groups excluding carboxylic acids is 1. The topological polar surface area (TPSA) is 59.5 Å². The fourth-order valence-electron chi connectivity index (χ4n) is 2.51. The minimum absolute atomic E-state index is 0.132. The van der Waals surface area contributed by atoms with Crippen molar-refractivity contribution in [2.24, 2.45) is 5.73 Å². The standard InChI is InChI=1S/C14H20N2O2S2/c1-20-14(13(15)19)6-8-16(9-7-14)12(17)5-4-11-3-2-10-18-11/h2-3,10H,4-9H2,1H3,(H2,15,19). The Hall–Kier alpha value is -1.01. The maximum Gasteiger partial charge on any atom is 0.223 e. The van der Waals surface area contributed by atoms with Crippen molar-refractivity contribution in [2.45, 2.75) is 30.4 Å². The van der Waals surface area contributed by atoms with E-state index in [1.54, 1.807) is 18.0 Å².